The summed E-state index contributed by atoms with van der Waals surface area (Å²) in [6.45, 7) is 7.50. The SMILES string of the molecule is COc1ncccc1CNC(C)CC(C)C. The summed E-state index contributed by atoms with van der Waals surface area (Å²) >= 11 is 0. The van der Waals surface area contributed by atoms with Crippen LogP contribution in [0.15, 0.2) is 18.3 Å². The maximum atomic E-state index is 5.21. The second kappa shape index (κ2) is 6.48. The zero-order valence-electron chi connectivity index (χ0n) is 10.7. The second-order valence-corrected chi connectivity index (χ2v) is 4.58. The molecule has 3 nitrogen and oxygen atoms in total. The molecule has 1 unspecified atom stereocenters. The molecule has 1 aromatic heterocycles. The molecule has 0 saturated carbocycles. The van der Waals surface area contributed by atoms with Crippen LogP contribution in [0.2, 0.25) is 0 Å². The third-order valence-electron chi connectivity index (χ3n) is 2.51. The molecule has 1 heterocycles. The Bertz CT molecular complexity index is 313. The van der Waals surface area contributed by atoms with Gasteiger partial charge in [-0.15, -0.1) is 0 Å². The zero-order chi connectivity index (χ0) is 12.0. The van der Waals surface area contributed by atoms with Gasteiger partial charge in [-0.3, -0.25) is 0 Å². The standard InChI is InChI=1S/C13H22N2O/c1-10(2)8-11(3)15-9-12-6-5-7-14-13(12)16-4/h5-7,10-11,15H,8-9H2,1-4H3. The van der Waals surface area contributed by atoms with Gasteiger partial charge in [0, 0.05) is 24.3 Å². The van der Waals surface area contributed by atoms with Crippen molar-refractivity contribution < 1.29 is 4.74 Å². The summed E-state index contributed by atoms with van der Waals surface area (Å²) in [6.07, 6.45) is 2.93. The van der Waals surface area contributed by atoms with E-state index in [1.807, 2.05) is 12.1 Å². The minimum absolute atomic E-state index is 0.518. The molecule has 0 aliphatic carbocycles. The molecule has 0 fully saturated rings. The van der Waals surface area contributed by atoms with Crippen LogP contribution in [0, 0.1) is 5.92 Å². The van der Waals surface area contributed by atoms with Gasteiger partial charge in [-0.2, -0.15) is 0 Å². The molecule has 1 rings (SSSR count). The lowest BCUT2D eigenvalue weighted by molar-refractivity contribution is 0.385. The predicted molar refractivity (Wildman–Crippen MR) is 66.5 cm³/mol. The van der Waals surface area contributed by atoms with Crippen molar-refractivity contribution in [2.45, 2.75) is 39.8 Å². The number of ether oxygens (including phenoxy) is 1. The molecule has 0 aromatic carbocycles. The van der Waals surface area contributed by atoms with E-state index in [1.54, 1.807) is 13.3 Å². The Morgan fingerprint density at radius 2 is 2.12 bits per heavy atom. The quantitative estimate of drug-likeness (QED) is 0.803. The second-order valence-electron chi connectivity index (χ2n) is 4.58. The molecular formula is C13H22N2O. The van der Waals surface area contributed by atoms with Crippen molar-refractivity contribution in [2.24, 2.45) is 5.92 Å². The topological polar surface area (TPSA) is 34.1 Å². The van der Waals surface area contributed by atoms with Crippen molar-refractivity contribution in [3.63, 3.8) is 0 Å². The smallest absolute Gasteiger partial charge is 0.217 e. The number of methoxy groups -OCH3 is 1. The number of aromatic nitrogens is 1. The van der Waals surface area contributed by atoms with E-state index in [1.165, 1.54) is 6.42 Å². The fourth-order valence-electron chi connectivity index (χ4n) is 1.82. The monoisotopic (exact) mass is 222 g/mol. The molecule has 0 aliphatic heterocycles. The minimum Gasteiger partial charge on any atom is -0.481 e. The van der Waals surface area contributed by atoms with Gasteiger partial charge in [0.2, 0.25) is 5.88 Å². The Morgan fingerprint density at radius 1 is 1.38 bits per heavy atom. The third-order valence-corrected chi connectivity index (χ3v) is 2.51. The zero-order valence-corrected chi connectivity index (χ0v) is 10.7. The normalized spacial score (nSPS) is 12.8. The van der Waals surface area contributed by atoms with Gasteiger partial charge >= 0.3 is 0 Å². The molecule has 0 spiro atoms. The lowest BCUT2D eigenvalue weighted by atomic mass is 10.1. The summed E-state index contributed by atoms with van der Waals surface area (Å²) < 4.78 is 5.21. The first-order valence-electron chi connectivity index (χ1n) is 5.84. The average molecular weight is 222 g/mol. The first-order valence-corrected chi connectivity index (χ1v) is 5.84. The number of hydrogen-bond donors (Lipinski definition) is 1. The van der Waals surface area contributed by atoms with Gasteiger partial charge in [-0.1, -0.05) is 19.9 Å². The van der Waals surface area contributed by atoms with Crippen molar-refractivity contribution in [3.05, 3.63) is 23.9 Å². The van der Waals surface area contributed by atoms with Crippen LogP contribution in [0.5, 0.6) is 5.88 Å². The van der Waals surface area contributed by atoms with E-state index in [0.717, 1.165) is 18.0 Å². The van der Waals surface area contributed by atoms with Crippen molar-refractivity contribution in [2.75, 3.05) is 7.11 Å². The lowest BCUT2D eigenvalue weighted by Crippen LogP contribution is -2.27. The van der Waals surface area contributed by atoms with Crippen LogP contribution in [0.25, 0.3) is 0 Å². The van der Waals surface area contributed by atoms with Crippen LogP contribution in [-0.2, 0) is 6.54 Å². The van der Waals surface area contributed by atoms with E-state index in [2.05, 4.69) is 31.1 Å². The highest BCUT2D eigenvalue weighted by molar-refractivity contribution is 5.25. The summed E-state index contributed by atoms with van der Waals surface area (Å²) in [6, 6.07) is 4.50. The van der Waals surface area contributed by atoms with Gasteiger partial charge in [0.05, 0.1) is 7.11 Å². The van der Waals surface area contributed by atoms with Crippen molar-refractivity contribution in [1.82, 2.24) is 10.3 Å². The maximum absolute atomic E-state index is 5.21. The van der Waals surface area contributed by atoms with E-state index < -0.39 is 0 Å². The number of nitrogens with zero attached hydrogens (tertiary/aromatic N) is 1. The van der Waals surface area contributed by atoms with Crippen LogP contribution in [0.1, 0.15) is 32.8 Å². The highest BCUT2D eigenvalue weighted by Crippen LogP contribution is 2.13. The van der Waals surface area contributed by atoms with E-state index in [0.29, 0.717) is 11.9 Å². The van der Waals surface area contributed by atoms with Crippen LogP contribution in [-0.4, -0.2) is 18.1 Å². The van der Waals surface area contributed by atoms with Gasteiger partial charge < -0.3 is 10.1 Å². The number of pyridine rings is 1. The molecule has 0 amide bonds. The third kappa shape index (κ3) is 4.19. The number of rotatable bonds is 6. The summed E-state index contributed by atoms with van der Waals surface area (Å²) in [5, 5.41) is 3.48. The predicted octanol–water partition coefficient (Wildman–Crippen LogP) is 2.61. The highest BCUT2D eigenvalue weighted by atomic mass is 16.5. The lowest BCUT2D eigenvalue weighted by Gasteiger charge is -2.16. The molecule has 1 aromatic rings. The van der Waals surface area contributed by atoms with E-state index in [9.17, 15) is 0 Å². The van der Waals surface area contributed by atoms with Gasteiger partial charge in [0.25, 0.3) is 0 Å². The Balaban J connectivity index is 2.47. The van der Waals surface area contributed by atoms with Gasteiger partial charge in [0.15, 0.2) is 0 Å². The summed E-state index contributed by atoms with van der Waals surface area (Å²) in [4.78, 5) is 4.17. The van der Waals surface area contributed by atoms with Gasteiger partial charge in [0.1, 0.15) is 0 Å². The fraction of sp³-hybridized carbons (Fsp3) is 0.615. The average Bonchev–Trinajstić information content (AvgIpc) is 2.26. The Labute approximate surface area is 98.2 Å². The highest BCUT2D eigenvalue weighted by Gasteiger charge is 2.07. The summed E-state index contributed by atoms with van der Waals surface area (Å²) in [5.41, 5.74) is 1.11. The van der Waals surface area contributed by atoms with Gasteiger partial charge in [-0.05, 0) is 25.3 Å². The largest absolute Gasteiger partial charge is 0.481 e. The molecule has 0 aliphatic rings. The molecule has 0 bridgehead atoms. The Kier molecular flexibility index (Phi) is 5.26. The summed E-state index contributed by atoms with van der Waals surface area (Å²) in [7, 11) is 1.66. The summed E-state index contributed by atoms with van der Waals surface area (Å²) in [5.74, 6) is 1.44. The first-order chi connectivity index (χ1) is 7.63. The van der Waals surface area contributed by atoms with Crippen LogP contribution in [0.4, 0.5) is 0 Å². The fourth-order valence-corrected chi connectivity index (χ4v) is 1.82. The minimum atomic E-state index is 0.518. The Hall–Kier alpha value is -1.09. The molecule has 90 valence electrons. The molecule has 0 saturated heterocycles. The number of hydrogen-bond acceptors (Lipinski definition) is 3. The molecule has 1 atom stereocenters. The molecule has 16 heavy (non-hydrogen) atoms. The molecule has 1 N–H and O–H groups in total. The molecule has 0 radical (unpaired) electrons. The molecular weight excluding hydrogens is 200 g/mol. The number of nitrogens with one attached hydrogen (secondary N) is 1. The first kappa shape index (κ1) is 13.0. The van der Waals surface area contributed by atoms with Gasteiger partial charge in [-0.25, -0.2) is 4.98 Å². The Morgan fingerprint density at radius 3 is 2.75 bits per heavy atom. The molecule has 3 heteroatoms. The van der Waals surface area contributed by atoms with Crippen molar-refractivity contribution >= 4 is 0 Å². The van der Waals surface area contributed by atoms with E-state index in [4.69, 9.17) is 4.74 Å². The van der Waals surface area contributed by atoms with Crippen LogP contribution in [0.3, 0.4) is 0 Å². The van der Waals surface area contributed by atoms with E-state index >= 15 is 0 Å². The maximum Gasteiger partial charge on any atom is 0.217 e. The van der Waals surface area contributed by atoms with Crippen LogP contribution < -0.4 is 10.1 Å². The van der Waals surface area contributed by atoms with Crippen LogP contribution >= 0.6 is 0 Å². The van der Waals surface area contributed by atoms with E-state index in [-0.39, 0.29) is 0 Å². The van der Waals surface area contributed by atoms with Crippen molar-refractivity contribution in [1.29, 1.82) is 0 Å². The van der Waals surface area contributed by atoms with Crippen molar-refractivity contribution in [3.8, 4) is 5.88 Å².